The first-order valence-electron chi connectivity index (χ1n) is 7.64. The van der Waals surface area contributed by atoms with Gasteiger partial charge < -0.3 is 14.8 Å². The minimum Gasteiger partial charge on any atom is -0.481 e. The summed E-state index contributed by atoms with van der Waals surface area (Å²) in [5, 5.41) is 10.7. The largest absolute Gasteiger partial charge is 0.481 e. The fourth-order valence-electron chi connectivity index (χ4n) is 4.48. The average molecular weight is 300 g/mol. The van der Waals surface area contributed by atoms with Crippen molar-refractivity contribution >= 4 is 16.9 Å². The maximum Gasteiger partial charge on any atom is 0.307 e. The van der Waals surface area contributed by atoms with Crippen LogP contribution in [0.3, 0.4) is 0 Å². The number of benzene rings is 1. The summed E-state index contributed by atoms with van der Waals surface area (Å²) in [6.07, 6.45) is 3.48. The van der Waals surface area contributed by atoms with Crippen LogP contribution in [0.5, 0.6) is 0 Å². The Morgan fingerprint density at radius 2 is 2.32 bits per heavy atom. The number of nitrogens with zero attached hydrogens (tertiary/aromatic N) is 1. The Kier molecular flexibility index (Phi) is 2.86. The van der Waals surface area contributed by atoms with Crippen molar-refractivity contribution in [2.45, 2.75) is 24.5 Å². The number of rotatable bonds is 2. The molecule has 1 aromatic heterocycles. The molecule has 0 unspecified atom stereocenters. The summed E-state index contributed by atoms with van der Waals surface area (Å²) in [6, 6.07) is 6.34. The lowest BCUT2D eigenvalue weighted by Crippen LogP contribution is -2.60. The molecule has 116 valence electrons. The van der Waals surface area contributed by atoms with Gasteiger partial charge in [-0.05, 0) is 37.1 Å². The molecule has 22 heavy (non-hydrogen) atoms. The Morgan fingerprint density at radius 1 is 1.50 bits per heavy atom. The van der Waals surface area contributed by atoms with E-state index in [-0.39, 0.29) is 6.04 Å². The molecule has 0 spiro atoms. The van der Waals surface area contributed by atoms with E-state index in [0.29, 0.717) is 13.0 Å². The lowest BCUT2D eigenvalue weighted by atomic mass is 9.68. The number of carbonyl (C=O) groups is 1. The monoisotopic (exact) mass is 300 g/mol. The smallest absolute Gasteiger partial charge is 0.307 e. The zero-order valence-electron chi connectivity index (χ0n) is 12.8. The van der Waals surface area contributed by atoms with Crippen molar-refractivity contribution in [3.05, 3.63) is 35.5 Å². The Morgan fingerprint density at radius 3 is 3.05 bits per heavy atom. The molecule has 0 radical (unpaired) electrons. The van der Waals surface area contributed by atoms with Crippen molar-refractivity contribution in [2.75, 3.05) is 20.7 Å². The highest BCUT2D eigenvalue weighted by molar-refractivity contribution is 5.89. The molecule has 4 rings (SSSR count). The summed E-state index contributed by atoms with van der Waals surface area (Å²) in [6.45, 7) is 0.570. The molecule has 1 saturated heterocycles. The summed E-state index contributed by atoms with van der Waals surface area (Å²) in [5.41, 5.74) is 2.97. The number of ether oxygens (including phenoxy) is 1. The van der Waals surface area contributed by atoms with Crippen LogP contribution in [0.15, 0.2) is 24.4 Å². The number of aliphatic carboxylic acids is 1. The number of carboxylic acids is 1. The predicted molar refractivity (Wildman–Crippen MR) is 82.9 cm³/mol. The zero-order valence-corrected chi connectivity index (χ0v) is 12.8. The zero-order chi connectivity index (χ0) is 15.5. The second-order valence-corrected chi connectivity index (χ2v) is 6.53. The van der Waals surface area contributed by atoms with Crippen LogP contribution in [0.1, 0.15) is 17.5 Å². The fraction of sp³-hybridized carbons (Fsp3) is 0.471. The van der Waals surface area contributed by atoms with Crippen molar-refractivity contribution in [1.82, 2.24) is 9.88 Å². The first kappa shape index (κ1) is 13.8. The van der Waals surface area contributed by atoms with E-state index in [0.717, 1.165) is 17.5 Å². The molecule has 0 saturated carbocycles. The van der Waals surface area contributed by atoms with Crippen LogP contribution in [-0.2, 0) is 21.6 Å². The van der Waals surface area contributed by atoms with E-state index in [1.54, 1.807) is 7.11 Å². The van der Waals surface area contributed by atoms with Crippen molar-refractivity contribution in [2.24, 2.45) is 5.92 Å². The van der Waals surface area contributed by atoms with Crippen LogP contribution in [0, 0.1) is 5.92 Å². The molecule has 0 amide bonds. The van der Waals surface area contributed by atoms with Gasteiger partial charge in [0, 0.05) is 36.8 Å². The fourth-order valence-corrected chi connectivity index (χ4v) is 4.48. The first-order chi connectivity index (χ1) is 10.6. The number of H-pyrrole nitrogens is 1. The minimum absolute atomic E-state index is 0.169. The number of likely N-dealkylation sites (tertiary alicyclic amines) is 1. The van der Waals surface area contributed by atoms with Crippen LogP contribution < -0.4 is 0 Å². The minimum atomic E-state index is -0.742. The van der Waals surface area contributed by atoms with Gasteiger partial charge >= 0.3 is 5.97 Å². The summed E-state index contributed by atoms with van der Waals surface area (Å²) >= 11 is 0. The summed E-state index contributed by atoms with van der Waals surface area (Å²) in [5.74, 6) is -1.15. The second kappa shape index (κ2) is 4.57. The number of likely N-dealkylation sites (N-methyl/N-ethyl adjacent to an activating group) is 1. The molecule has 2 aliphatic rings. The van der Waals surface area contributed by atoms with Gasteiger partial charge in [-0.25, -0.2) is 0 Å². The lowest BCUT2D eigenvalue weighted by Gasteiger charge is -2.52. The SMILES string of the molecule is CO[C@]12C[C@@H](C(=O)O)CN(C)[C@@H]1Cc1c[nH]c3cccc2c13. The first-order valence-corrected chi connectivity index (χ1v) is 7.64. The number of fused-ring (bicyclic) bond motifs is 2. The Labute approximate surface area is 128 Å². The van der Waals surface area contributed by atoms with Crippen molar-refractivity contribution < 1.29 is 14.6 Å². The maximum absolute atomic E-state index is 11.6. The summed E-state index contributed by atoms with van der Waals surface area (Å²) in [4.78, 5) is 17.1. The molecule has 5 nitrogen and oxygen atoms in total. The Bertz CT molecular complexity index is 753. The van der Waals surface area contributed by atoms with Gasteiger partial charge in [0.2, 0.25) is 0 Å². The topological polar surface area (TPSA) is 65.6 Å². The number of nitrogens with one attached hydrogen (secondary N) is 1. The molecule has 5 heteroatoms. The van der Waals surface area contributed by atoms with Gasteiger partial charge in [0.1, 0.15) is 5.60 Å². The molecule has 1 fully saturated rings. The average Bonchev–Trinajstić information content (AvgIpc) is 2.93. The summed E-state index contributed by atoms with van der Waals surface area (Å²) < 4.78 is 6.03. The Balaban J connectivity index is 1.95. The van der Waals surface area contributed by atoms with Crippen LogP contribution in [0.25, 0.3) is 10.9 Å². The number of hydrogen-bond donors (Lipinski definition) is 2. The van der Waals surface area contributed by atoms with E-state index in [9.17, 15) is 9.90 Å². The van der Waals surface area contributed by atoms with Gasteiger partial charge in [0.05, 0.1) is 5.92 Å². The molecule has 1 aliphatic heterocycles. The number of aromatic amines is 1. The molecule has 3 atom stereocenters. The highest BCUT2D eigenvalue weighted by atomic mass is 16.5. The number of aromatic nitrogens is 1. The third kappa shape index (κ3) is 1.63. The van der Waals surface area contributed by atoms with E-state index in [1.165, 1.54) is 10.9 Å². The third-order valence-corrected chi connectivity index (χ3v) is 5.50. The molecular weight excluding hydrogens is 280 g/mol. The molecule has 1 aromatic carbocycles. The molecule has 2 heterocycles. The number of piperidine rings is 1. The van der Waals surface area contributed by atoms with Gasteiger partial charge in [-0.2, -0.15) is 0 Å². The van der Waals surface area contributed by atoms with E-state index >= 15 is 0 Å². The maximum atomic E-state index is 11.6. The van der Waals surface area contributed by atoms with Gasteiger partial charge in [0.15, 0.2) is 0 Å². The number of carboxylic acid groups (broad SMARTS) is 1. The third-order valence-electron chi connectivity index (χ3n) is 5.50. The lowest BCUT2D eigenvalue weighted by molar-refractivity contribution is -0.160. The molecule has 1 aliphatic carbocycles. The van der Waals surface area contributed by atoms with Crippen molar-refractivity contribution in [3.63, 3.8) is 0 Å². The quantitative estimate of drug-likeness (QED) is 0.890. The van der Waals surface area contributed by atoms with Gasteiger partial charge in [0.25, 0.3) is 0 Å². The van der Waals surface area contributed by atoms with E-state index in [4.69, 9.17) is 4.74 Å². The predicted octanol–water partition coefficient (Wildman–Crippen LogP) is 1.97. The van der Waals surface area contributed by atoms with Gasteiger partial charge in [-0.1, -0.05) is 12.1 Å². The molecule has 2 N–H and O–H groups in total. The second-order valence-electron chi connectivity index (χ2n) is 6.53. The van der Waals surface area contributed by atoms with Gasteiger partial charge in [-0.15, -0.1) is 0 Å². The molecule has 2 aromatic rings. The molecule has 0 bridgehead atoms. The standard InChI is InChI=1S/C17H20N2O3/c1-19-9-11(16(20)21)7-17(22-2)12-4-3-5-13-15(12)10(8-18-13)6-14(17)19/h3-5,8,11,14,18H,6-7,9H2,1-2H3,(H,20,21)/t11-,14-,17+/m1/s1. The van der Waals surface area contributed by atoms with Crippen LogP contribution in [-0.4, -0.2) is 47.7 Å². The van der Waals surface area contributed by atoms with Crippen LogP contribution in [0.4, 0.5) is 0 Å². The van der Waals surface area contributed by atoms with Crippen LogP contribution >= 0.6 is 0 Å². The van der Waals surface area contributed by atoms with Crippen LogP contribution in [0.2, 0.25) is 0 Å². The van der Waals surface area contributed by atoms with Crippen molar-refractivity contribution in [3.8, 4) is 0 Å². The highest BCUT2D eigenvalue weighted by Gasteiger charge is 2.52. The van der Waals surface area contributed by atoms with E-state index < -0.39 is 17.5 Å². The molecular formula is C17H20N2O3. The normalized spacial score (nSPS) is 31.2. The van der Waals surface area contributed by atoms with E-state index in [1.807, 2.05) is 13.1 Å². The number of hydrogen-bond acceptors (Lipinski definition) is 3. The summed E-state index contributed by atoms with van der Waals surface area (Å²) in [7, 11) is 3.72. The number of methoxy groups -OCH3 is 1. The van der Waals surface area contributed by atoms with E-state index in [2.05, 4.69) is 28.2 Å². The van der Waals surface area contributed by atoms with Gasteiger partial charge in [-0.3, -0.25) is 9.69 Å². The Hall–Kier alpha value is -1.85. The van der Waals surface area contributed by atoms with Crippen molar-refractivity contribution in [1.29, 1.82) is 0 Å². The highest BCUT2D eigenvalue weighted by Crippen LogP contribution is 2.49.